The number of para-hydroxylation sites is 1. The van der Waals surface area contributed by atoms with Gasteiger partial charge < -0.3 is 10.2 Å². The molecule has 1 heterocycles. The average molecular weight is 510 g/mol. The zero-order chi connectivity index (χ0) is 25.7. The van der Waals surface area contributed by atoms with E-state index >= 15 is 0 Å². The number of nitrogens with zero attached hydrogens (tertiary/aromatic N) is 2. The van der Waals surface area contributed by atoms with E-state index in [4.69, 9.17) is 0 Å². The van der Waals surface area contributed by atoms with Gasteiger partial charge in [-0.05, 0) is 74.7 Å². The highest BCUT2D eigenvalue weighted by atomic mass is 32.2. The van der Waals surface area contributed by atoms with Crippen LogP contribution in [0.15, 0.2) is 77.7 Å². The Balaban J connectivity index is 1.61. The highest BCUT2D eigenvalue weighted by Crippen LogP contribution is 2.25. The van der Waals surface area contributed by atoms with Crippen molar-refractivity contribution in [3.63, 3.8) is 0 Å². The lowest BCUT2D eigenvalue weighted by Crippen LogP contribution is -2.39. The van der Waals surface area contributed by atoms with E-state index in [2.05, 4.69) is 5.32 Å². The highest BCUT2D eigenvalue weighted by Gasteiger charge is 2.28. The molecule has 0 saturated carbocycles. The Kier molecular flexibility index (Phi) is 7.69. The summed E-state index contributed by atoms with van der Waals surface area (Å²) in [6.07, 6.45) is 2.95. The molecule has 7 nitrogen and oxygen atoms in total. The summed E-state index contributed by atoms with van der Waals surface area (Å²) in [5.74, 6) is -1.33. The number of carbonyl (C=O) groups is 2. The standard InChI is InChI=1S/C27H28FN3O4S/c1-20-9-15-23(16-10-20)36(34,35)31(22-13-11-21(28)12-14-22)19-26(32)29-25-8-4-3-7-24(25)27(33)30-17-5-2-6-18-30/h3-4,7-16H,2,5-6,17-19H2,1H3,(H,29,32). The van der Waals surface area contributed by atoms with E-state index in [1.165, 1.54) is 24.3 Å². The molecule has 0 atom stereocenters. The lowest BCUT2D eigenvalue weighted by Gasteiger charge is -2.28. The maximum Gasteiger partial charge on any atom is 0.264 e. The molecular formula is C27H28FN3O4S. The van der Waals surface area contributed by atoms with Crippen molar-refractivity contribution in [2.24, 2.45) is 0 Å². The third-order valence-corrected chi connectivity index (χ3v) is 7.87. The number of anilines is 2. The van der Waals surface area contributed by atoms with Crippen LogP contribution in [0, 0.1) is 12.7 Å². The molecule has 188 valence electrons. The molecule has 0 unspecified atom stereocenters. The largest absolute Gasteiger partial charge is 0.339 e. The Hall–Kier alpha value is -3.72. The van der Waals surface area contributed by atoms with E-state index < -0.39 is 28.3 Å². The number of sulfonamides is 1. The van der Waals surface area contributed by atoms with E-state index in [1.807, 2.05) is 6.92 Å². The van der Waals surface area contributed by atoms with E-state index in [0.29, 0.717) is 24.3 Å². The molecule has 9 heteroatoms. The lowest BCUT2D eigenvalue weighted by molar-refractivity contribution is -0.114. The fourth-order valence-corrected chi connectivity index (χ4v) is 5.55. The minimum absolute atomic E-state index is 0.00546. The Morgan fingerprint density at radius 2 is 1.56 bits per heavy atom. The summed E-state index contributed by atoms with van der Waals surface area (Å²) < 4.78 is 41.5. The van der Waals surface area contributed by atoms with Gasteiger partial charge in [0.2, 0.25) is 5.91 Å². The van der Waals surface area contributed by atoms with Crippen LogP contribution in [0.2, 0.25) is 0 Å². The van der Waals surface area contributed by atoms with Gasteiger partial charge in [-0.3, -0.25) is 13.9 Å². The highest BCUT2D eigenvalue weighted by molar-refractivity contribution is 7.92. The molecule has 0 bridgehead atoms. The van der Waals surface area contributed by atoms with Crippen molar-refractivity contribution < 1.29 is 22.4 Å². The molecule has 0 radical (unpaired) electrons. The molecule has 2 amide bonds. The van der Waals surface area contributed by atoms with Gasteiger partial charge in [0, 0.05) is 13.1 Å². The van der Waals surface area contributed by atoms with Crippen LogP contribution in [-0.2, 0) is 14.8 Å². The van der Waals surface area contributed by atoms with Gasteiger partial charge in [-0.1, -0.05) is 29.8 Å². The fourth-order valence-electron chi connectivity index (χ4n) is 4.13. The number of halogens is 1. The first-order valence-corrected chi connectivity index (χ1v) is 13.2. The van der Waals surface area contributed by atoms with Gasteiger partial charge in [0.25, 0.3) is 15.9 Å². The zero-order valence-corrected chi connectivity index (χ0v) is 20.8. The molecule has 36 heavy (non-hydrogen) atoms. The molecule has 0 spiro atoms. The van der Waals surface area contributed by atoms with Crippen LogP contribution >= 0.6 is 0 Å². The number of benzene rings is 3. The molecular weight excluding hydrogens is 481 g/mol. The predicted molar refractivity (Wildman–Crippen MR) is 137 cm³/mol. The Labute approximate surface area is 210 Å². The average Bonchev–Trinajstić information content (AvgIpc) is 2.88. The van der Waals surface area contributed by atoms with E-state index in [9.17, 15) is 22.4 Å². The molecule has 0 aromatic heterocycles. The normalized spacial score (nSPS) is 13.8. The van der Waals surface area contributed by atoms with Crippen LogP contribution in [0.5, 0.6) is 0 Å². The van der Waals surface area contributed by atoms with Crippen LogP contribution in [0.4, 0.5) is 15.8 Å². The maximum absolute atomic E-state index is 13.6. The van der Waals surface area contributed by atoms with Crippen molar-refractivity contribution in [1.29, 1.82) is 0 Å². The van der Waals surface area contributed by atoms with Gasteiger partial charge >= 0.3 is 0 Å². The van der Waals surface area contributed by atoms with E-state index in [0.717, 1.165) is 41.3 Å². The van der Waals surface area contributed by atoms with Crippen molar-refractivity contribution in [3.8, 4) is 0 Å². The summed E-state index contributed by atoms with van der Waals surface area (Å²) in [4.78, 5) is 28.0. The minimum atomic E-state index is -4.14. The number of hydrogen-bond donors (Lipinski definition) is 1. The molecule has 1 fully saturated rings. The third kappa shape index (κ3) is 5.73. The molecule has 0 aliphatic carbocycles. The fraction of sp³-hybridized carbons (Fsp3) is 0.259. The van der Waals surface area contributed by atoms with Crippen LogP contribution in [0.1, 0.15) is 35.2 Å². The van der Waals surface area contributed by atoms with Gasteiger partial charge in [-0.2, -0.15) is 0 Å². The molecule has 3 aromatic rings. The predicted octanol–water partition coefficient (Wildman–Crippen LogP) is 4.59. The molecule has 1 saturated heterocycles. The topological polar surface area (TPSA) is 86.8 Å². The third-order valence-electron chi connectivity index (χ3n) is 6.09. The lowest BCUT2D eigenvalue weighted by atomic mass is 10.1. The molecule has 1 N–H and O–H groups in total. The van der Waals surface area contributed by atoms with Gasteiger partial charge in [0.15, 0.2) is 0 Å². The summed E-state index contributed by atoms with van der Waals surface area (Å²) in [5.41, 5.74) is 1.69. The summed E-state index contributed by atoms with van der Waals surface area (Å²) >= 11 is 0. The van der Waals surface area contributed by atoms with Crippen molar-refractivity contribution in [2.45, 2.75) is 31.1 Å². The Bertz CT molecular complexity index is 1340. The van der Waals surface area contributed by atoms with Crippen molar-refractivity contribution in [3.05, 3.63) is 89.7 Å². The number of piperidine rings is 1. The first-order chi connectivity index (χ1) is 17.3. The van der Waals surface area contributed by atoms with Crippen LogP contribution < -0.4 is 9.62 Å². The number of carbonyl (C=O) groups excluding carboxylic acids is 2. The number of nitrogens with one attached hydrogen (secondary N) is 1. The molecule has 1 aliphatic heterocycles. The zero-order valence-electron chi connectivity index (χ0n) is 20.0. The van der Waals surface area contributed by atoms with E-state index in [-0.39, 0.29) is 16.5 Å². The second-order valence-electron chi connectivity index (χ2n) is 8.75. The summed E-state index contributed by atoms with van der Waals surface area (Å²) in [7, 11) is -4.14. The van der Waals surface area contributed by atoms with Crippen LogP contribution in [0.3, 0.4) is 0 Å². The van der Waals surface area contributed by atoms with Crippen LogP contribution in [0.25, 0.3) is 0 Å². The number of likely N-dealkylation sites (tertiary alicyclic amines) is 1. The van der Waals surface area contributed by atoms with Crippen molar-refractivity contribution in [2.75, 3.05) is 29.3 Å². The monoisotopic (exact) mass is 509 g/mol. The van der Waals surface area contributed by atoms with Gasteiger partial charge in [0.1, 0.15) is 12.4 Å². The Morgan fingerprint density at radius 3 is 2.22 bits per heavy atom. The first kappa shape index (κ1) is 25.4. The second kappa shape index (κ2) is 10.9. The first-order valence-electron chi connectivity index (χ1n) is 11.8. The molecule has 4 rings (SSSR count). The summed E-state index contributed by atoms with van der Waals surface area (Å²) in [6.45, 7) is 2.60. The molecule has 1 aliphatic rings. The van der Waals surface area contributed by atoms with Gasteiger partial charge in [0.05, 0.1) is 21.8 Å². The van der Waals surface area contributed by atoms with Crippen LogP contribution in [-0.4, -0.2) is 44.8 Å². The molecule has 3 aromatic carbocycles. The van der Waals surface area contributed by atoms with Crippen molar-refractivity contribution >= 4 is 33.2 Å². The minimum Gasteiger partial charge on any atom is -0.339 e. The van der Waals surface area contributed by atoms with Gasteiger partial charge in [-0.25, -0.2) is 12.8 Å². The van der Waals surface area contributed by atoms with Crippen molar-refractivity contribution in [1.82, 2.24) is 4.90 Å². The van der Waals surface area contributed by atoms with Gasteiger partial charge in [-0.15, -0.1) is 0 Å². The van der Waals surface area contributed by atoms with E-state index in [1.54, 1.807) is 41.3 Å². The Morgan fingerprint density at radius 1 is 0.917 bits per heavy atom. The summed E-state index contributed by atoms with van der Waals surface area (Å²) in [5, 5.41) is 2.71. The smallest absolute Gasteiger partial charge is 0.264 e. The number of amides is 2. The second-order valence-corrected chi connectivity index (χ2v) is 10.6. The number of aryl methyl sites for hydroxylation is 1. The number of hydrogen-bond acceptors (Lipinski definition) is 4. The number of rotatable bonds is 7. The SMILES string of the molecule is Cc1ccc(S(=O)(=O)N(CC(=O)Nc2ccccc2C(=O)N2CCCCC2)c2ccc(F)cc2)cc1. The summed E-state index contributed by atoms with van der Waals surface area (Å²) in [6, 6.07) is 17.8. The maximum atomic E-state index is 13.6. The quantitative estimate of drug-likeness (QED) is 0.505.